The number of alkyl halides is 1. The second kappa shape index (κ2) is 6.03. The summed E-state index contributed by atoms with van der Waals surface area (Å²) < 4.78 is 0. The summed E-state index contributed by atoms with van der Waals surface area (Å²) in [7, 11) is 4.09. The largest absolute Gasteiger partial charge is 0.378 e. The van der Waals surface area contributed by atoms with Crippen LogP contribution in [0.15, 0.2) is 30.3 Å². The number of nitrogens with zero attached hydrogens (tertiary/aromatic N) is 2. The zero-order valence-electron chi connectivity index (χ0n) is 10.2. The van der Waals surface area contributed by atoms with Gasteiger partial charge in [-0.15, -0.1) is 0 Å². The van der Waals surface area contributed by atoms with E-state index in [4.69, 9.17) is 0 Å². The van der Waals surface area contributed by atoms with Crippen molar-refractivity contribution in [3.05, 3.63) is 36.0 Å². The molecule has 2 nitrogen and oxygen atoms in total. The highest BCUT2D eigenvalue weighted by atomic mass is 127. The van der Waals surface area contributed by atoms with Crippen molar-refractivity contribution in [3.63, 3.8) is 0 Å². The molecule has 0 spiro atoms. The first kappa shape index (κ1) is 13.2. The molecule has 1 heterocycles. The first-order chi connectivity index (χ1) is 7.66. The van der Waals surface area contributed by atoms with E-state index in [1.807, 2.05) is 32.0 Å². The van der Waals surface area contributed by atoms with Crippen LogP contribution in [-0.4, -0.2) is 24.0 Å². The zero-order chi connectivity index (χ0) is 12.1. The zero-order valence-corrected chi connectivity index (χ0v) is 12.3. The van der Waals surface area contributed by atoms with E-state index in [9.17, 15) is 0 Å². The fraction of sp³-hybridized carbons (Fsp3) is 0.308. The molecular formula is C13H17IN2. The van der Waals surface area contributed by atoms with Crippen LogP contribution >= 0.6 is 22.6 Å². The van der Waals surface area contributed by atoms with Crippen molar-refractivity contribution in [2.45, 2.75) is 6.92 Å². The molecule has 2 aromatic rings. The first-order valence-corrected chi connectivity index (χ1v) is 7.25. The maximum Gasteiger partial charge on any atom is 0.0706 e. The van der Waals surface area contributed by atoms with Crippen molar-refractivity contribution in [2.75, 3.05) is 23.9 Å². The number of fused-ring (bicyclic) bond motifs is 1. The summed E-state index contributed by atoms with van der Waals surface area (Å²) in [6, 6.07) is 10.5. The van der Waals surface area contributed by atoms with Crippen LogP contribution in [0.25, 0.3) is 10.9 Å². The van der Waals surface area contributed by atoms with Crippen LogP contribution in [-0.2, 0) is 0 Å². The molecule has 3 heteroatoms. The number of rotatable bonds is 1. The average molecular weight is 328 g/mol. The van der Waals surface area contributed by atoms with Crippen LogP contribution in [0.4, 0.5) is 5.69 Å². The number of benzene rings is 1. The lowest BCUT2D eigenvalue weighted by Crippen LogP contribution is -2.08. The van der Waals surface area contributed by atoms with Crippen LogP contribution in [0.3, 0.4) is 0 Å². The Balaban J connectivity index is 0.000000606. The van der Waals surface area contributed by atoms with Gasteiger partial charge in [-0.25, -0.2) is 0 Å². The third-order valence-corrected chi connectivity index (χ3v) is 2.33. The lowest BCUT2D eigenvalue weighted by atomic mass is 10.2. The molecule has 2 rings (SSSR count). The molecule has 0 atom stereocenters. The van der Waals surface area contributed by atoms with Crippen molar-refractivity contribution >= 4 is 39.2 Å². The van der Waals surface area contributed by atoms with Crippen molar-refractivity contribution < 1.29 is 0 Å². The van der Waals surface area contributed by atoms with Gasteiger partial charge in [-0.3, -0.25) is 4.98 Å². The fourth-order valence-electron chi connectivity index (χ4n) is 1.49. The number of hydrogen-bond donors (Lipinski definition) is 0. The molecule has 0 aliphatic rings. The van der Waals surface area contributed by atoms with E-state index in [0.717, 1.165) is 11.2 Å². The number of aryl methyl sites for hydroxylation is 1. The van der Waals surface area contributed by atoms with Crippen LogP contribution in [0.5, 0.6) is 0 Å². The normalized spacial score (nSPS) is 9.56. The Morgan fingerprint density at radius 1 is 1.06 bits per heavy atom. The molecule has 16 heavy (non-hydrogen) atoms. The Bertz CT molecular complexity index is 466. The molecule has 0 radical (unpaired) electrons. The van der Waals surface area contributed by atoms with Crippen LogP contribution < -0.4 is 4.90 Å². The van der Waals surface area contributed by atoms with Gasteiger partial charge in [0.05, 0.1) is 5.52 Å². The minimum absolute atomic E-state index is 1.06. The molecule has 86 valence electrons. The van der Waals surface area contributed by atoms with E-state index in [1.54, 1.807) is 0 Å². The molecule has 1 aromatic heterocycles. The molecule has 0 fully saturated rings. The Labute approximate surface area is 111 Å². The fourth-order valence-corrected chi connectivity index (χ4v) is 1.49. The quantitative estimate of drug-likeness (QED) is 0.587. The van der Waals surface area contributed by atoms with Crippen molar-refractivity contribution in [3.8, 4) is 0 Å². The smallest absolute Gasteiger partial charge is 0.0706 e. The van der Waals surface area contributed by atoms with E-state index in [1.165, 1.54) is 11.1 Å². The highest BCUT2D eigenvalue weighted by Crippen LogP contribution is 2.19. The highest BCUT2D eigenvalue weighted by molar-refractivity contribution is 14.1. The van der Waals surface area contributed by atoms with Gasteiger partial charge in [-0.2, -0.15) is 0 Å². The van der Waals surface area contributed by atoms with Gasteiger partial charge < -0.3 is 4.90 Å². The summed E-state index contributed by atoms with van der Waals surface area (Å²) in [5.41, 5.74) is 3.34. The van der Waals surface area contributed by atoms with Crippen LogP contribution in [0.1, 0.15) is 5.69 Å². The molecular weight excluding hydrogens is 311 g/mol. The minimum Gasteiger partial charge on any atom is -0.378 e. The van der Waals surface area contributed by atoms with Gasteiger partial charge in [0.1, 0.15) is 0 Å². The number of anilines is 1. The second-order valence-electron chi connectivity index (χ2n) is 3.72. The maximum atomic E-state index is 4.46. The second-order valence-corrected chi connectivity index (χ2v) is 3.72. The standard InChI is InChI=1S/C12H14N2.CH3I/c1-9-4-5-10-8-11(14(2)3)6-7-12(10)13-9;1-2/h4-8H,1-3H3;1H3. The van der Waals surface area contributed by atoms with Gasteiger partial charge in [0, 0.05) is 30.9 Å². The summed E-state index contributed by atoms with van der Waals surface area (Å²) in [4.78, 5) is 8.52. The summed E-state index contributed by atoms with van der Waals surface area (Å²) in [6.07, 6.45) is 0. The SMILES string of the molecule is CI.Cc1ccc2cc(N(C)C)ccc2n1. The van der Waals surface area contributed by atoms with Crippen molar-refractivity contribution in [1.82, 2.24) is 4.98 Å². The van der Waals surface area contributed by atoms with Gasteiger partial charge in [0.2, 0.25) is 0 Å². The Morgan fingerprint density at radius 2 is 1.75 bits per heavy atom. The predicted molar refractivity (Wildman–Crippen MR) is 80.8 cm³/mol. The van der Waals surface area contributed by atoms with E-state index in [-0.39, 0.29) is 0 Å². The number of hydrogen-bond acceptors (Lipinski definition) is 2. The molecule has 0 bridgehead atoms. The molecule has 0 aliphatic carbocycles. The predicted octanol–water partition coefficient (Wildman–Crippen LogP) is 3.66. The van der Waals surface area contributed by atoms with Crippen LogP contribution in [0.2, 0.25) is 0 Å². The molecule has 0 amide bonds. The van der Waals surface area contributed by atoms with Gasteiger partial charge >= 0.3 is 0 Å². The highest BCUT2D eigenvalue weighted by Gasteiger charge is 1.98. The maximum absolute atomic E-state index is 4.46. The summed E-state index contributed by atoms with van der Waals surface area (Å²) >= 11 is 2.15. The lowest BCUT2D eigenvalue weighted by molar-refractivity contribution is 1.13. The summed E-state index contributed by atoms with van der Waals surface area (Å²) in [5, 5.41) is 1.20. The average Bonchev–Trinajstić information content (AvgIpc) is 2.30. The van der Waals surface area contributed by atoms with Gasteiger partial charge in [-0.05, 0) is 36.1 Å². The lowest BCUT2D eigenvalue weighted by Gasteiger charge is -2.12. The summed E-state index contributed by atoms with van der Waals surface area (Å²) in [5.74, 6) is 0. The van der Waals surface area contributed by atoms with Crippen LogP contribution in [0, 0.1) is 6.92 Å². The van der Waals surface area contributed by atoms with Gasteiger partial charge in [-0.1, -0.05) is 28.7 Å². The number of pyridine rings is 1. The van der Waals surface area contributed by atoms with E-state index in [0.29, 0.717) is 0 Å². The third-order valence-electron chi connectivity index (χ3n) is 2.33. The van der Waals surface area contributed by atoms with Gasteiger partial charge in [0.25, 0.3) is 0 Å². The topological polar surface area (TPSA) is 16.1 Å². The van der Waals surface area contributed by atoms with Crippen molar-refractivity contribution in [1.29, 1.82) is 0 Å². The minimum atomic E-state index is 1.06. The Morgan fingerprint density at radius 3 is 2.38 bits per heavy atom. The Hall–Kier alpha value is -0.840. The van der Waals surface area contributed by atoms with Gasteiger partial charge in [0.15, 0.2) is 0 Å². The molecule has 0 aliphatic heterocycles. The Kier molecular flexibility index (Phi) is 4.99. The monoisotopic (exact) mass is 328 g/mol. The molecule has 0 saturated carbocycles. The first-order valence-electron chi connectivity index (χ1n) is 5.09. The molecule has 0 unspecified atom stereocenters. The summed E-state index contributed by atoms with van der Waals surface area (Å²) in [6.45, 7) is 2.01. The van der Waals surface area contributed by atoms with Crippen molar-refractivity contribution in [2.24, 2.45) is 0 Å². The number of aromatic nitrogens is 1. The third kappa shape index (κ3) is 3.07. The molecule has 0 saturated heterocycles. The molecule has 1 aromatic carbocycles. The number of halogens is 1. The van der Waals surface area contributed by atoms with E-state index < -0.39 is 0 Å². The molecule has 0 N–H and O–H groups in total. The van der Waals surface area contributed by atoms with E-state index >= 15 is 0 Å². The van der Waals surface area contributed by atoms with E-state index in [2.05, 4.69) is 56.7 Å².